The minimum atomic E-state index is 0.109. The number of hydrogen-bond donors (Lipinski definition) is 3. The van der Waals surface area contributed by atoms with Crippen LogP contribution in [0.1, 0.15) is 6.42 Å². The molecule has 2 rings (SSSR count). The molecule has 80 valence electrons. The lowest BCUT2D eigenvalue weighted by Gasteiger charge is -2.13. The number of carbonyl (C=O) groups excluding carboxylic acids is 1. The minimum absolute atomic E-state index is 0.109. The molecule has 1 amide bonds. The predicted octanol–water partition coefficient (Wildman–Crippen LogP) is 1.17. The molecule has 0 aromatic heterocycles. The van der Waals surface area contributed by atoms with Gasteiger partial charge in [0.2, 0.25) is 5.91 Å². The van der Waals surface area contributed by atoms with Crippen LogP contribution in [0.2, 0.25) is 0 Å². The molecule has 0 radical (unpaired) electrons. The van der Waals surface area contributed by atoms with Gasteiger partial charge in [-0.2, -0.15) is 0 Å². The van der Waals surface area contributed by atoms with Crippen molar-refractivity contribution < 1.29 is 4.79 Å². The van der Waals surface area contributed by atoms with Crippen molar-refractivity contribution in [2.24, 2.45) is 0 Å². The van der Waals surface area contributed by atoms with E-state index in [1.807, 2.05) is 18.2 Å². The number of nitrogens with one attached hydrogen (secondary N) is 2. The first-order valence-corrected chi connectivity index (χ1v) is 5.81. The lowest BCUT2D eigenvalue weighted by Crippen LogP contribution is -2.22. The van der Waals surface area contributed by atoms with Gasteiger partial charge in [0.25, 0.3) is 0 Å². The predicted molar refractivity (Wildman–Crippen MR) is 68.6 cm³/mol. The Morgan fingerprint density at radius 2 is 2.33 bits per heavy atom. The van der Waals surface area contributed by atoms with E-state index in [2.05, 4.69) is 33.2 Å². The summed E-state index contributed by atoms with van der Waals surface area (Å²) in [6.07, 6.45) is 0.542. The molecule has 4 N–H and O–H groups in total. The van der Waals surface area contributed by atoms with Crippen LogP contribution in [0.5, 0.6) is 0 Å². The number of nitrogen functional groups attached to an aromatic ring is 1. The summed E-state index contributed by atoms with van der Waals surface area (Å²) in [5.74, 6) is 0.109. The van der Waals surface area contributed by atoms with Crippen LogP contribution in [0, 0.1) is 3.57 Å². The highest BCUT2D eigenvalue weighted by molar-refractivity contribution is 14.1. The average Bonchev–Trinajstić information content (AvgIpc) is 2.56. The number of rotatable bonds is 2. The van der Waals surface area contributed by atoms with E-state index >= 15 is 0 Å². The van der Waals surface area contributed by atoms with Crippen LogP contribution in [0.25, 0.3) is 0 Å². The molecule has 1 aliphatic rings. The van der Waals surface area contributed by atoms with Crippen molar-refractivity contribution in [2.75, 3.05) is 17.6 Å². The van der Waals surface area contributed by atoms with Crippen molar-refractivity contribution in [1.82, 2.24) is 5.32 Å². The zero-order chi connectivity index (χ0) is 10.8. The van der Waals surface area contributed by atoms with Crippen LogP contribution in [-0.4, -0.2) is 18.5 Å². The van der Waals surface area contributed by atoms with Crippen LogP contribution in [-0.2, 0) is 4.79 Å². The Morgan fingerprint density at radius 1 is 1.53 bits per heavy atom. The molecule has 0 saturated carbocycles. The van der Waals surface area contributed by atoms with Gasteiger partial charge in [-0.25, -0.2) is 0 Å². The Balaban J connectivity index is 2.07. The van der Waals surface area contributed by atoms with Crippen molar-refractivity contribution in [3.05, 3.63) is 21.8 Å². The molecule has 1 aromatic carbocycles. The van der Waals surface area contributed by atoms with Crippen molar-refractivity contribution in [1.29, 1.82) is 0 Å². The standard InChI is InChI=1S/C10H12IN3O/c11-8-3-6(12)1-2-9(8)14-7-4-10(15)13-5-7/h1-3,7,14H,4-5,12H2,(H,13,15). The van der Waals surface area contributed by atoms with E-state index in [0.717, 1.165) is 14.9 Å². The van der Waals surface area contributed by atoms with Crippen LogP contribution >= 0.6 is 22.6 Å². The van der Waals surface area contributed by atoms with Gasteiger partial charge >= 0.3 is 0 Å². The van der Waals surface area contributed by atoms with Gasteiger partial charge in [0.1, 0.15) is 0 Å². The summed E-state index contributed by atoms with van der Waals surface area (Å²) in [7, 11) is 0. The van der Waals surface area contributed by atoms with E-state index in [1.54, 1.807) is 0 Å². The van der Waals surface area contributed by atoms with Gasteiger partial charge in [0.05, 0.1) is 6.04 Å². The SMILES string of the molecule is Nc1ccc(NC2CNC(=O)C2)c(I)c1. The molecule has 5 heteroatoms. The van der Waals surface area contributed by atoms with Crippen LogP contribution in [0.4, 0.5) is 11.4 Å². The van der Waals surface area contributed by atoms with E-state index in [9.17, 15) is 4.79 Å². The van der Waals surface area contributed by atoms with Gasteiger partial charge in [-0.3, -0.25) is 4.79 Å². The summed E-state index contributed by atoms with van der Waals surface area (Å²) in [5.41, 5.74) is 7.45. The molecule has 1 atom stereocenters. The van der Waals surface area contributed by atoms with Crippen molar-refractivity contribution in [3.8, 4) is 0 Å². The van der Waals surface area contributed by atoms with E-state index in [4.69, 9.17) is 5.73 Å². The average molecular weight is 317 g/mol. The lowest BCUT2D eigenvalue weighted by molar-refractivity contribution is -0.119. The quantitative estimate of drug-likeness (QED) is 0.567. The second-order valence-corrected chi connectivity index (χ2v) is 4.75. The zero-order valence-electron chi connectivity index (χ0n) is 8.09. The molecule has 0 bridgehead atoms. The fourth-order valence-electron chi connectivity index (χ4n) is 1.58. The smallest absolute Gasteiger partial charge is 0.222 e. The third kappa shape index (κ3) is 2.53. The minimum Gasteiger partial charge on any atom is -0.399 e. The maximum absolute atomic E-state index is 11.0. The number of benzene rings is 1. The van der Waals surface area contributed by atoms with Gasteiger partial charge in [-0.15, -0.1) is 0 Å². The molecular weight excluding hydrogens is 305 g/mol. The molecule has 0 spiro atoms. The maximum atomic E-state index is 11.0. The Kier molecular flexibility index (Phi) is 2.99. The number of hydrogen-bond acceptors (Lipinski definition) is 3. The summed E-state index contributed by atoms with van der Waals surface area (Å²) >= 11 is 2.23. The number of amides is 1. The van der Waals surface area contributed by atoms with Crippen LogP contribution in [0.3, 0.4) is 0 Å². The van der Waals surface area contributed by atoms with E-state index in [0.29, 0.717) is 13.0 Å². The summed E-state index contributed by atoms with van der Waals surface area (Å²) < 4.78 is 1.08. The molecule has 1 heterocycles. The normalized spacial score (nSPS) is 20.1. The van der Waals surface area contributed by atoms with E-state index < -0.39 is 0 Å². The number of nitrogens with two attached hydrogens (primary N) is 1. The highest BCUT2D eigenvalue weighted by Gasteiger charge is 2.21. The monoisotopic (exact) mass is 317 g/mol. The molecule has 1 aliphatic heterocycles. The van der Waals surface area contributed by atoms with Gasteiger partial charge in [0.15, 0.2) is 0 Å². The first-order valence-electron chi connectivity index (χ1n) is 4.73. The Bertz CT molecular complexity index is 394. The number of halogens is 1. The number of carbonyl (C=O) groups is 1. The second-order valence-electron chi connectivity index (χ2n) is 3.59. The third-order valence-corrected chi connectivity index (χ3v) is 3.22. The van der Waals surface area contributed by atoms with Crippen LogP contribution < -0.4 is 16.4 Å². The Hall–Kier alpha value is -0.980. The van der Waals surface area contributed by atoms with Gasteiger partial charge in [-0.1, -0.05) is 0 Å². The first-order chi connectivity index (χ1) is 7.15. The topological polar surface area (TPSA) is 67.2 Å². The largest absolute Gasteiger partial charge is 0.399 e. The summed E-state index contributed by atoms with van der Waals surface area (Å²) in [6, 6.07) is 5.90. The molecule has 15 heavy (non-hydrogen) atoms. The Morgan fingerprint density at radius 3 is 2.93 bits per heavy atom. The second kappa shape index (κ2) is 4.26. The fourth-order valence-corrected chi connectivity index (χ4v) is 2.27. The lowest BCUT2D eigenvalue weighted by atomic mass is 10.2. The molecule has 0 aliphatic carbocycles. The summed E-state index contributed by atoms with van der Waals surface area (Å²) in [5, 5.41) is 6.11. The molecular formula is C10H12IN3O. The molecule has 1 fully saturated rings. The van der Waals surface area contributed by atoms with E-state index in [-0.39, 0.29) is 11.9 Å². The van der Waals surface area contributed by atoms with Gasteiger partial charge < -0.3 is 16.4 Å². The van der Waals surface area contributed by atoms with Crippen molar-refractivity contribution in [3.63, 3.8) is 0 Å². The van der Waals surface area contributed by atoms with E-state index in [1.165, 1.54) is 0 Å². The third-order valence-electron chi connectivity index (χ3n) is 2.33. The molecule has 4 nitrogen and oxygen atoms in total. The fraction of sp³-hybridized carbons (Fsp3) is 0.300. The summed E-state index contributed by atoms with van der Waals surface area (Å²) in [4.78, 5) is 11.0. The van der Waals surface area contributed by atoms with Crippen molar-refractivity contribution >= 4 is 39.9 Å². The maximum Gasteiger partial charge on any atom is 0.222 e. The Labute approximate surface area is 102 Å². The molecule has 1 saturated heterocycles. The molecule has 1 unspecified atom stereocenters. The molecule has 1 aromatic rings. The van der Waals surface area contributed by atoms with Gasteiger partial charge in [0, 0.05) is 27.9 Å². The zero-order valence-corrected chi connectivity index (χ0v) is 10.2. The number of anilines is 2. The van der Waals surface area contributed by atoms with Gasteiger partial charge in [-0.05, 0) is 40.8 Å². The van der Waals surface area contributed by atoms with Crippen LogP contribution in [0.15, 0.2) is 18.2 Å². The summed E-state index contributed by atoms with van der Waals surface area (Å²) in [6.45, 7) is 0.694. The van der Waals surface area contributed by atoms with Crippen molar-refractivity contribution in [2.45, 2.75) is 12.5 Å². The first kappa shape index (κ1) is 10.5. The highest BCUT2D eigenvalue weighted by atomic mass is 127. The highest BCUT2D eigenvalue weighted by Crippen LogP contribution is 2.22.